The van der Waals surface area contributed by atoms with Crippen molar-refractivity contribution in [2.24, 2.45) is 5.16 Å². The van der Waals surface area contributed by atoms with Gasteiger partial charge in [0.2, 0.25) is 0 Å². The van der Waals surface area contributed by atoms with Crippen molar-refractivity contribution in [3.8, 4) is 0 Å². The fraction of sp³-hybridized carbons (Fsp3) is 0.636. The molecule has 4 nitrogen and oxygen atoms in total. The monoisotopic (exact) mass is 237 g/mol. The SMILES string of the molecule is c1sc(C2CCNCC2)nc1C1=NOCC1. The van der Waals surface area contributed by atoms with Crippen molar-refractivity contribution in [2.75, 3.05) is 19.7 Å². The molecule has 0 spiro atoms. The highest BCUT2D eigenvalue weighted by Crippen LogP contribution is 2.28. The number of hydrogen-bond donors (Lipinski definition) is 1. The van der Waals surface area contributed by atoms with Gasteiger partial charge in [-0.25, -0.2) is 4.98 Å². The molecular formula is C11H15N3OS. The molecule has 16 heavy (non-hydrogen) atoms. The van der Waals surface area contributed by atoms with Crippen molar-refractivity contribution in [1.82, 2.24) is 10.3 Å². The molecule has 0 radical (unpaired) electrons. The van der Waals surface area contributed by atoms with Crippen molar-refractivity contribution in [1.29, 1.82) is 0 Å². The van der Waals surface area contributed by atoms with Gasteiger partial charge < -0.3 is 10.2 Å². The predicted octanol–water partition coefficient (Wildman–Crippen LogP) is 1.73. The van der Waals surface area contributed by atoms with Crippen LogP contribution in [-0.4, -0.2) is 30.4 Å². The molecule has 0 unspecified atom stereocenters. The van der Waals surface area contributed by atoms with Gasteiger partial charge in [-0.05, 0) is 25.9 Å². The first-order valence-corrected chi connectivity index (χ1v) is 6.67. The van der Waals surface area contributed by atoms with Crippen LogP contribution in [0.2, 0.25) is 0 Å². The maximum atomic E-state index is 5.01. The number of thiazole rings is 1. The fourth-order valence-corrected chi connectivity index (χ4v) is 3.16. The molecule has 2 aliphatic heterocycles. The van der Waals surface area contributed by atoms with Gasteiger partial charge in [-0.15, -0.1) is 11.3 Å². The molecule has 0 amide bonds. The van der Waals surface area contributed by atoms with E-state index in [4.69, 9.17) is 9.82 Å². The first-order chi connectivity index (χ1) is 7.93. The van der Waals surface area contributed by atoms with Gasteiger partial charge in [-0.3, -0.25) is 0 Å². The predicted molar refractivity (Wildman–Crippen MR) is 64.1 cm³/mol. The van der Waals surface area contributed by atoms with E-state index in [2.05, 4.69) is 15.9 Å². The fourth-order valence-electron chi connectivity index (χ4n) is 2.16. The van der Waals surface area contributed by atoms with Crippen LogP contribution in [0.5, 0.6) is 0 Å². The molecular weight excluding hydrogens is 222 g/mol. The van der Waals surface area contributed by atoms with Crippen LogP contribution in [0.15, 0.2) is 10.5 Å². The summed E-state index contributed by atoms with van der Waals surface area (Å²) in [6.07, 6.45) is 3.31. The van der Waals surface area contributed by atoms with Gasteiger partial charge in [-0.1, -0.05) is 5.16 Å². The zero-order valence-electron chi connectivity index (χ0n) is 9.11. The molecule has 1 aromatic heterocycles. The van der Waals surface area contributed by atoms with E-state index in [1.165, 1.54) is 17.8 Å². The average molecular weight is 237 g/mol. The Morgan fingerprint density at radius 2 is 2.25 bits per heavy atom. The summed E-state index contributed by atoms with van der Waals surface area (Å²) < 4.78 is 0. The number of hydrogen-bond acceptors (Lipinski definition) is 5. The lowest BCUT2D eigenvalue weighted by Crippen LogP contribution is -2.26. The van der Waals surface area contributed by atoms with E-state index < -0.39 is 0 Å². The maximum Gasteiger partial charge on any atom is 0.122 e. The van der Waals surface area contributed by atoms with E-state index in [1.807, 2.05) is 0 Å². The highest BCUT2D eigenvalue weighted by atomic mass is 32.1. The minimum atomic E-state index is 0.642. The first kappa shape index (κ1) is 10.2. The molecule has 0 saturated carbocycles. The van der Waals surface area contributed by atoms with Crippen molar-refractivity contribution >= 4 is 17.0 Å². The largest absolute Gasteiger partial charge is 0.395 e. The van der Waals surface area contributed by atoms with Crippen LogP contribution in [-0.2, 0) is 4.84 Å². The second-order valence-electron chi connectivity index (χ2n) is 4.22. The number of rotatable bonds is 2. The quantitative estimate of drug-likeness (QED) is 0.852. The molecule has 0 aromatic carbocycles. The Morgan fingerprint density at radius 1 is 1.38 bits per heavy atom. The number of piperidine rings is 1. The number of oxime groups is 1. The Hall–Kier alpha value is -0.940. The van der Waals surface area contributed by atoms with E-state index in [1.54, 1.807) is 11.3 Å². The molecule has 2 aliphatic rings. The third kappa shape index (κ3) is 1.97. The van der Waals surface area contributed by atoms with Crippen LogP contribution >= 0.6 is 11.3 Å². The topological polar surface area (TPSA) is 46.5 Å². The Bertz CT molecular complexity index is 396. The molecule has 0 atom stereocenters. The van der Waals surface area contributed by atoms with Crippen LogP contribution < -0.4 is 5.32 Å². The smallest absolute Gasteiger partial charge is 0.122 e. The molecule has 86 valence electrons. The summed E-state index contributed by atoms with van der Waals surface area (Å²) in [6, 6.07) is 0. The molecule has 0 aliphatic carbocycles. The molecule has 1 saturated heterocycles. The molecule has 1 N–H and O–H groups in total. The maximum absolute atomic E-state index is 5.01. The molecule has 3 rings (SSSR count). The van der Waals surface area contributed by atoms with Gasteiger partial charge in [0.25, 0.3) is 0 Å². The number of nitrogens with one attached hydrogen (secondary N) is 1. The van der Waals surface area contributed by atoms with E-state index >= 15 is 0 Å². The molecule has 1 aromatic rings. The summed E-state index contributed by atoms with van der Waals surface area (Å²) in [5.74, 6) is 0.642. The average Bonchev–Trinajstić information content (AvgIpc) is 3.01. The van der Waals surface area contributed by atoms with Crippen LogP contribution in [0.4, 0.5) is 0 Å². The number of nitrogens with zero attached hydrogens (tertiary/aromatic N) is 2. The summed E-state index contributed by atoms with van der Waals surface area (Å²) in [7, 11) is 0. The standard InChI is InChI=1S/C11H15N3OS/c1-4-12-5-2-8(1)11-13-10(7-16-11)9-3-6-15-14-9/h7-8,12H,1-6H2. The van der Waals surface area contributed by atoms with Crippen LogP contribution in [0, 0.1) is 0 Å². The zero-order chi connectivity index (χ0) is 10.8. The third-order valence-corrected chi connectivity index (χ3v) is 4.12. The van der Waals surface area contributed by atoms with Gasteiger partial charge in [0, 0.05) is 17.7 Å². The second kappa shape index (κ2) is 4.51. The highest BCUT2D eigenvalue weighted by Gasteiger charge is 2.20. The highest BCUT2D eigenvalue weighted by molar-refractivity contribution is 7.09. The Balaban J connectivity index is 1.76. The van der Waals surface area contributed by atoms with E-state index in [0.717, 1.165) is 30.9 Å². The van der Waals surface area contributed by atoms with Crippen LogP contribution in [0.1, 0.15) is 35.9 Å². The molecule has 3 heterocycles. The summed E-state index contributed by atoms with van der Waals surface area (Å²) in [5.41, 5.74) is 2.03. The van der Waals surface area contributed by atoms with Gasteiger partial charge in [-0.2, -0.15) is 0 Å². The summed E-state index contributed by atoms with van der Waals surface area (Å²) in [5, 5.41) is 10.8. The lowest BCUT2D eigenvalue weighted by atomic mass is 9.99. The summed E-state index contributed by atoms with van der Waals surface area (Å²) in [4.78, 5) is 9.70. The molecule has 1 fully saturated rings. The zero-order valence-corrected chi connectivity index (χ0v) is 9.92. The second-order valence-corrected chi connectivity index (χ2v) is 5.11. The molecule has 0 bridgehead atoms. The Labute approximate surface area is 98.7 Å². The lowest BCUT2D eigenvalue weighted by molar-refractivity contribution is 0.174. The Morgan fingerprint density at radius 3 is 3.00 bits per heavy atom. The van der Waals surface area contributed by atoms with Crippen molar-refractivity contribution < 1.29 is 4.84 Å². The number of aromatic nitrogens is 1. The summed E-state index contributed by atoms with van der Waals surface area (Å²) >= 11 is 1.77. The van der Waals surface area contributed by atoms with E-state index in [0.29, 0.717) is 12.5 Å². The lowest BCUT2D eigenvalue weighted by Gasteiger charge is -2.20. The van der Waals surface area contributed by atoms with Crippen molar-refractivity contribution in [3.63, 3.8) is 0 Å². The minimum Gasteiger partial charge on any atom is -0.395 e. The van der Waals surface area contributed by atoms with E-state index in [9.17, 15) is 0 Å². The van der Waals surface area contributed by atoms with Gasteiger partial charge in [0.05, 0.1) is 10.7 Å². The summed E-state index contributed by atoms with van der Waals surface area (Å²) in [6.45, 7) is 2.93. The minimum absolute atomic E-state index is 0.642. The van der Waals surface area contributed by atoms with E-state index in [-0.39, 0.29) is 0 Å². The van der Waals surface area contributed by atoms with Gasteiger partial charge >= 0.3 is 0 Å². The van der Waals surface area contributed by atoms with Gasteiger partial charge in [0.15, 0.2) is 0 Å². The van der Waals surface area contributed by atoms with Crippen LogP contribution in [0.25, 0.3) is 0 Å². The Kier molecular flexibility index (Phi) is 2.88. The normalized spacial score (nSPS) is 21.9. The van der Waals surface area contributed by atoms with Crippen molar-refractivity contribution in [2.45, 2.75) is 25.2 Å². The third-order valence-electron chi connectivity index (χ3n) is 3.11. The van der Waals surface area contributed by atoms with Crippen molar-refractivity contribution in [3.05, 3.63) is 16.1 Å². The molecule has 5 heteroatoms. The van der Waals surface area contributed by atoms with Crippen LogP contribution in [0.3, 0.4) is 0 Å². The van der Waals surface area contributed by atoms with Gasteiger partial charge in [0.1, 0.15) is 12.3 Å². The first-order valence-electron chi connectivity index (χ1n) is 5.79.